The van der Waals surface area contributed by atoms with Crippen LogP contribution >= 0.6 is 15.9 Å². The summed E-state index contributed by atoms with van der Waals surface area (Å²) in [4.78, 5) is 32.8. The van der Waals surface area contributed by atoms with Crippen molar-refractivity contribution in [3.05, 3.63) is 28.5 Å². The SMILES string of the molecule is O=C(O)CCC(=O)NC(=O)Nc1cc(F)ccc1Br. The van der Waals surface area contributed by atoms with Crippen LogP contribution in [0, 0.1) is 5.82 Å². The van der Waals surface area contributed by atoms with Gasteiger partial charge in [0.2, 0.25) is 5.91 Å². The number of halogens is 2. The molecule has 1 rings (SSSR count). The van der Waals surface area contributed by atoms with Crippen molar-refractivity contribution in [2.45, 2.75) is 12.8 Å². The molecule has 0 aliphatic carbocycles. The minimum absolute atomic E-state index is 0.156. The summed E-state index contributed by atoms with van der Waals surface area (Å²) >= 11 is 3.10. The van der Waals surface area contributed by atoms with Gasteiger partial charge in [-0.2, -0.15) is 0 Å². The number of benzene rings is 1. The monoisotopic (exact) mass is 332 g/mol. The molecule has 0 saturated heterocycles. The Morgan fingerprint density at radius 1 is 1.26 bits per heavy atom. The number of nitrogens with one attached hydrogen (secondary N) is 2. The number of carboxylic acids is 1. The molecule has 0 heterocycles. The van der Waals surface area contributed by atoms with Gasteiger partial charge in [-0.3, -0.25) is 14.9 Å². The summed E-state index contributed by atoms with van der Waals surface area (Å²) < 4.78 is 13.4. The number of imide groups is 1. The van der Waals surface area contributed by atoms with Crippen molar-refractivity contribution in [3.8, 4) is 0 Å². The van der Waals surface area contributed by atoms with Crippen molar-refractivity contribution >= 4 is 39.5 Å². The Morgan fingerprint density at radius 2 is 1.95 bits per heavy atom. The molecule has 0 aromatic heterocycles. The molecular formula is C11H10BrFN2O4. The molecule has 0 unspecified atom stereocenters. The van der Waals surface area contributed by atoms with Crippen LogP contribution in [0.3, 0.4) is 0 Å². The maximum absolute atomic E-state index is 12.9. The molecule has 0 aliphatic rings. The number of aliphatic carboxylic acids is 1. The molecule has 8 heteroatoms. The van der Waals surface area contributed by atoms with E-state index in [4.69, 9.17) is 5.11 Å². The second-order valence-electron chi connectivity index (χ2n) is 3.52. The van der Waals surface area contributed by atoms with Crippen LogP contribution in [0.2, 0.25) is 0 Å². The van der Waals surface area contributed by atoms with Crippen LogP contribution in [0.25, 0.3) is 0 Å². The second-order valence-corrected chi connectivity index (χ2v) is 4.37. The van der Waals surface area contributed by atoms with E-state index in [9.17, 15) is 18.8 Å². The van der Waals surface area contributed by atoms with Gasteiger partial charge in [0, 0.05) is 10.9 Å². The van der Waals surface area contributed by atoms with Gasteiger partial charge in [0.15, 0.2) is 0 Å². The number of rotatable bonds is 4. The molecule has 0 radical (unpaired) electrons. The molecule has 0 aliphatic heterocycles. The lowest BCUT2D eigenvalue weighted by Gasteiger charge is -2.08. The summed E-state index contributed by atoms with van der Waals surface area (Å²) in [5.74, 6) is -2.41. The van der Waals surface area contributed by atoms with Gasteiger partial charge < -0.3 is 10.4 Å². The molecule has 0 spiro atoms. The summed E-state index contributed by atoms with van der Waals surface area (Å²) in [6.45, 7) is 0. The minimum atomic E-state index is -1.14. The minimum Gasteiger partial charge on any atom is -0.481 e. The predicted octanol–water partition coefficient (Wildman–Crippen LogP) is 2.10. The number of carbonyl (C=O) groups excluding carboxylic acids is 2. The van der Waals surface area contributed by atoms with Crippen molar-refractivity contribution in [1.82, 2.24) is 5.32 Å². The fraction of sp³-hybridized carbons (Fsp3) is 0.182. The highest BCUT2D eigenvalue weighted by molar-refractivity contribution is 9.10. The zero-order valence-corrected chi connectivity index (χ0v) is 11.2. The average molecular weight is 333 g/mol. The Labute approximate surface area is 116 Å². The number of urea groups is 1. The largest absolute Gasteiger partial charge is 0.481 e. The number of anilines is 1. The van der Waals surface area contributed by atoms with E-state index in [0.717, 1.165) is 6.07 Å². The molecule has 1 aromatic carbocycles. The van der Waals surface area contributed by atoms with Gasteiger partial charge in [0.05, 0.1) is 12.1 Å². The lowest BCUT2D eigenvalue weighted by atomic mass is 10.3. The Bertz CT molecular complexity index is 521. The molecule has 0 fully saturated rings. The van der Waals surface area contributed by atoms with Crippen LogP contribution in [0.1, 0.15) is 12.8 Å². The summed E-state index contributed by atoms with van der Waals surface area (Å²) in [5, 5.41) is 12.6. The zero-order chi connectivity index (χ0) is 14.4. The van der Waals surface area contributed by atoms with Gasteiger partial charge in [-0.05, 0) is 34.1 Å². The molecular weight excluding hydrogens is 323 g/mol. The van der Waals surface area contributed by atoms with Crippen LogP contribution in [-0.2, 0) is 9.59 Å². The van der Waals surface area contributed by atoms with E-state index in [-0.39, 0.29) is 18.5 Å². The van der Waals surface area contributed by atoms with E-state index in [1.165, 1.54) is 12.1 Å². The third kappa shape index (κ3) is 5.47. The number of carboxylic acid groups (broad SMARTS) is 1. The Balaban J connectivity index is 2.53. The summed E-state index contributed by atoms with van der Waals surface area (Å²) in [5.41, 5.74) is 0.156. The van der Waals surface area contributed by atoms with Gasteiger partial charge >= 0.3 is 12.0 Å². The van der Waals surface area contributed by atoms with Gasteiger partial charge in [0.25, 0.3) is 0 Å². The Hall–Kier alpha value is -1.96. The number of hydrogen-bond donors (Lipinski definition) is 3. The van der Waals surface area contributed by atoms with Crippen molar-refractivity contribution < 1.29 is 23.9 Å². The Morgan fingerprint density at radius 3 is 2.58 bits per heavy atom. The summed E-state index contributed by atoms with van der Waals surface area (Å²) in [6, 6.07) is 2.81. The molecule has 19 heavy (non-hydrogen) atoms. The molecule has 3 amide bonds. The first-order valence-electron chi connectivity index (χ1n) is 5.16. The van der Waals surface area contributed by atoms with E-state index in [2.05, 4.69) is 21.2 Å². The molecule has 1 aromatic rings. The first kappa shape index (κ1) is 15.1. The molecule has 0 bridgehead atoms. The lowest BCUT2D eigenvalue weighted by Crippen LogP contribution is -2.34. The topological polar surface area (TPSA) is 95.5 Å². The maximum atomic E-state index is 12.9. The van der Waals surface area contributed by atoms with Gasteiger partial charge in [0.1, 0.15) is 5.82 Å². The quantitative estimate of drug-likeness (QED) is 0.786. The van der Waals surface area contributed by atoms with Crippen molar-refractivity contribution in [3.63, 3.8) is 0 Å². The fourth-order valence-electron chi connectivity index (χ4n) is 1.16. The lowest BCUT2D eigenvalue weighted by molar-refractivity contribution is -0.138. The summed E-state index contributed by atoms with van der Waals surface area (Å²) in [6.07, 6.45) is -0.685. The second kappa shape index (κ2) is 6.83. The standard InChI is InChI=1S/C11H10BrFN2O4/c12-7-2-1-6(13)5-8(7)14-11(19)15-9(16)3-4-10(17)18/h1-2,5H,3-4H2,(H,17,18)(H2,14,15,16,19). The zero-order valence-electron chi connectivity index (χ0n) is 9.57. The van der Waals surface area contributed by atoms with E-state index in [1.54, 1.807) is 0 Å². The molecule has 3 N–H and O–H groups in total. The van der Waals surface area contributed by atoms with E-state index < -0.39 is 23.7 Å². The van der Waals surface area contributed by atoms with Crippen LogP contribution < -0.4 is 10.6 Å². The van der Waals surface area contributed by atoms with Crippen LogP contribution in [-0.4, -0.2) is 23.0 Å². The van der Waals surface area contributed by atoms with Crippen molar-refractivity contribution in [1.29, 1.82) is 0 Å². The summed E-state index contributed by atoms with van der Waals surface area (Å²) in [7, 11) is 0. The maximum Gasteiger partial charge on any atom is 0.325 e. The first-order valence-corrected chi connectivity index (χ1v) is 5.95. The van der Waals surface area contributed by atoms with Crippen LogP contribution in [0.4, 0.5) is 14.9 Å². The molecule has 0 atom stereocenters. The number of carbonyl (C=O) groups is 3. The highest BCUT2D eigenvalue weighted by atomic mass is 79.9. The number of amides is 3. The highest BCUT2D eigenvalue weighted by Crippen LogP contribution is 2.22. The van der Waals surface area contributed by atoms with Gasteiger partial charge in [-0.15, -0.1) is 0 Å². The molecule has 102 valence electrons. The predicted molar refractivity (Wildman–Crippen MR) is 68.1 cm³/mol. The van der Waals surface area contributed by atoms with Crippen molar-refractivity contribution in [2.24, 2.45) is 0 Å². The smallest absolute Gasteiger partial charge is 0.325 e. The molecule has 6 nitrogen and oxygen atoms in total. The van der Waals surface area contributed by atoms with E-state index in [0.29, 0.717) is 4.47 Å². The third-order valence-corrected chi connectivity index (χ3v) is 2.69. The van der Waals surface area contributed by atoms with Crippen LogP contribution in [0.5, 0.6) is 0 Å². The van der Waals surface area contributed by atoms with E-state index in [1.807, 2.05) is 5.32 Å². The van der Waals surface area contributed by atoms with Gasteiger partial charge in [-0.1, -0.05) is 0 Å². The van der Waals surface area contributed by atoms with E-state index >= 15 is 0 Å². The average Bonchev–Trinajstić information content (AvgIpc) is 2.31. The van der Waals surface area contributed by atoms with Crippen LogP contribution in [0.15, 0.2) is 22.7 Å². The normalized spacial score (nSPS) is 9.79. The van der Waals surface area contributed by atoms with Gasteiger partial charge in [-0.25, -0.2) is 9.18 Å². The number of hydrogen-bond acceptors (Lipinski definition) is 3. The highest BCUT2D eigenvalue weighted by Gasteiger charge is 2.11. The fourth-order valence-corrected chi connectivity index (χ4v) is 1.50. The third-order valence-electron chi connectivity index (χ3n) is 2.00. The Kier molecular flexibility index (Phi) is 5.43. The molecule has 0 saturated carbocycles. The van der Waals surface area contributed by atoms with Crippen molar-refractivity contribution in [2.75, 3.05) is 5.32 Å². The first-order chi connectivity index (χ1) is 8.88.